The molecular formula is C50H62N6O7. The van der Waals surface area contributed by atoms with Gasteiger partial charge in [-0.2, -0.15) is 0 Å². The SMILES string of the molecule is COCC(NC(=O)OC)C(=O)N1C(c2nc3ccc(-c4ccc5c(c4)C(C)(C)c4cc(NC(=O)[C@@H]6CC7CCCCC7N6C(=O)CC(C)OC)ccc4-5)cc3[nH]2)C[C@@H]2CCCC[C@@H]21. The predicted octanol–water partition coefficient (Wildman–Crippen LogP) is 8.26. The Kier molecular flexibility index (Phi) is 11.9. The minimum absolute atomic E-state index is 0.0000215. The summed E-state index contributed by atoms with van der Waals surface area (Å²) in [6.07, 6.45) is 9.30. The molecule has 3 aromatic carbocycles. The van der Waals surface area contributed by atoms with Gasteiger partial charge >= 0.3 is 6.09 Å². The van der Waals surface area contributed by atoms with Crippen molar-refractivity contribution in [2.24, 2.45) is 11.8 Å². The predicted molar refractivity (Wildman–Crippen MR) is 241 cm³/mol. The van der Waals surface area contributed by atoms with Crippen LogP contribution in [0.25, 0.3) is 33.3 Å². The molecule has 4 fully saturated rings. The van der Waals surface area contributed by atoms with Gasteiger partial charge in [-0.3, -0.25) is 14.4 Å². The number of alkyl carbamates (subject to hydrolysis) is 1. The second-order valence-electron chi connectivity index (χ2n) is 19.2. The summed E-state index contributed by atoms with van der Waals surface area (Å²) in [5.41, 5.74) is 8.93. The number of hydrogen-bond donors (Lipinski definition) is 3. The van der Waals surface area contributed by atoms with Gasteiger partial charge < -0.3 is 39.6 Å². The third kappa shape index (κ3) is 7.89. The number of anilines is 1. The largest absolute Gasteiger partial charge is 0.453 e. The smallest absolute Gasteiger partial charge is 0.407 e. The van der Waals surface area contributed by atoms with E-state index in [-0.39, 0.29) is 60.4 Å². The Bertz CT molecular complexity index is 2410. The zero-order chi connectivity index (χ0) is 44.2. The molecule has 13 nitrogen and oxygen atoms in total. The Balaban J connectivity index is 0.951. The number of fused-ring (bicyclic) bond motifs is 6. The number of rotatable bonds is 11. The number of imidazole rings is 1. The normalized spacial score (nSPS) is 25.4. The van der Waals surface area contributed by atoms with Crippen LogP contribution in [0.2, 0.25) is 0 Å². The Morgan fingerprint density at radius 1 is 0.825 bits per heavy atom. The van der Waals surface area contributed by atoms with Crippen LogP contribution in [0, 0.1) is 11.8 Å². The molecule has 3 aliphatic carbocycles. The third-order valence-electron chi connectivity index (χ3n) is 15.1. The van der Waals surface area contributed by atoms with Crippen molar-refractivity contribution in [1.82, 2.24) is 25.1 Å². The number of benzene rings is 3. The highest BCUT2D eigenvalue weighted by Gasteiger charge is 2.49. The molecule has 9 rings (SSSR count). The Morgan fingerprint density at radius 2 is 1.48 bits per heavy atom. The fourth-order valence-corrected chi connectivity index (χ4v) is 11.8. The zero-order valence-electron chi connectivity index (χ0n) is 37.5. The maximum Gasteiger partial charge on any atom is 0.407 e. The van der Waals surface area contributed by atoms with E-state index in [1.165, 1.54) is 25.3 Å². The lowest BCUT2D eigenvalue weighted by atomic mass is 9.81. The molecular weight excluding hydrogens is 797 g/mol. The number of likely N-dealkylation sites (tertiary alicyclic amines) is 2. The van der Waals surface area contributed by atoms with E-state index in [2.05, 4.69) is 71.9 Å². The van der Waals surface area contributed by atoms with Crippen molar-refractivity contribution in [2.45, 2.75) is 133 Å². The molecule has 4 amide bonds. The molecule has 0 spiro atoms. The average Bonchev–Trinajstić information content (AvgIpc) is 4.05. The van der Waals surface area contributed by atoms with Gasteiger partial charge in [-0.1, -0.05) is 63.8 Å². The highest BCUT2D eigenvalue weighted by molar-refractivity contribution is 5.99. The fraction of sp³-hybridized carbons (Fsp3) is 0.540. The van der Waals surface area contributed by atoms with E-state index in [1.54, 1.807) is 7.11 Å². The molecule has 2 saturated heterocycles. The summed E-state index contributed by atoms with van der Waals surface area (Å²) < 4.78 is 15.6. The molecule has 4 aromatic rings. The average molecular weight is 859 g/mol. The van der Waals surface area contributed by atoms with Crippen molar-refractivity contribution in [3.05, 3.63) is 71.5 Å². The van der Waals surface area contributed by atoms with Crippen LogP contribution in [-0.2, 0) is 34.0 Å². The number of methoxy groups -OCH3 is 3. The third-order valence-corrected chi connectivity index (χ3v) is 15.1. The van der Waals surface area contributed by atoms with Crippen molar-refractivity contribution in [3.8, 4) is 22.3 Å². The Morgan fingerprint density at radius 3 is 2.19 bits per heavy atom. The second-order valence-corrected chi connectivity index (χ2v) is 19.2. The molecule has 5 aliphatic rings. The first kappa shape index (κ1) is 43.0. The number of ether oxygens (including phenoxy) is 3. The number of aromatic amines is 1. The van der Waals surface area contributed by atoms with E-state index >= 15 is 0 Å². The van der Waals surface area contributed by atoms with Crippen LogP contribution in [0.5, 0.6) is 0 Å². The van der Waals surface area contributed by atoms with Gasteiger partial charge in [0.15, 0.2) is 0 Å². The molecule has 334 valence electrons. The van der Waals surface area contributed by atoms with Crippen LogP contribution in [0.1, 0.15) is 114 Å². The topological polar surface area (TPSA) is 155 Å². The molecule has 2 aliphatic heterocycles. The number of H-pyrrole nitrogens is 1. The molecule has 1 aromatic heterocycles. The van der Waals surface area contributed by atoms with Gasteiger partial charge in [-0.05, 0) is 121 Å². The molecule has 63 heavy (non-hydrogen) atoms. The molecule has 5 unspecified atom stereocenters. The van der Waals surface area contributed by atoms with Crippen LogP contribution in [0.15, 0.2) is 54.6 Å². The number of nitrogens with zero attached hydrogens (tertiary/aromatic N) is 3. The monoisotopic (exact) mass is 858 g/mol. The molecule has 13 heteroatoms. The Hall–Kier alpha value is -5.27. The van der Waals surface area contributed by atoms with E-state index in [9.17, 15) is 19.2 Å². The standard InChI is InChI=1S/C50H62N6O7/c1-28(62-5)21-45(57)55-41-13-9-7-12-32(41)25-44(55)47(58)51-33-17-19-35-34-18-15-29(22-36(34)50(2,3)37(35)26-33)30-16-20-38-39(23-30)53-46(52-38)43-24-31-11-8-10-14-42(31)56(43)48(59)40(27-61-4)54-49(60)63-6/h15-20,22-23,26,28,31-32,40-44H,7-14,21,24-25,27H2,1-6H3,(H,51,58)(H,52,53)(H,54,60)/t28?,31-,32?,40?,41?,42-,43?,44-/m0/s1. The first-order valence-corrected chi connectivity index (χ1v) is 23.0. The maximum absolute atomic E-state index is 14.2. The fourth-order valence-electron chi connectivity index (χ4n) is 11.8. The first-order valence-electron chi connectivity index (χ1n) is 23.0. The number of carbonyl (C=O) groups excluding carboxylic acids is 4. The molecule has 3 heterocycles. The van der Waals surface area contributed by atoms with Crippen molar-refractivity contribution in [1.29, 1.82) is 0 Å². The summed E-state index contributed by atoms with van der Waals surface area (Å²) in [5, 5.41) is 5.93. The van der Waals surface area contributed by atoms with Gasteiger partial charge in [0.2, 0.25) is 17.7 Å². The van der Waals surface area contributed by atoms with Gasteiger partial charge in [-0.25, -0.2) is 9.78 Å². The minimum Gasteiger partial charge on any atom is -0.453 e. The lowest BCUT2D eigenvalue weighted by Crippen LogP contribution is -2.53. The highest BCUT2D eigenvalue weighted by Crippen LogP contribution is 2.51. The molecule has 2 saturated carbocycles. The lowest BCUT2D eigenvalue weighted by molar-refractivity contribution is -0.141. The summed E-state index contributed by atoms with van der Waals surface area (Å²) in [6, 6.07) is 17.7. The van der Waals surface area contributed by atoms with Crippen LogP contribution >= 0.6 is 0 Å². The maximum atomic E-state index is 14.2. The number of nitrogens with one attached hydrogen (secondary N) is 3. The van der Waals surface area contributed by atoms with Crippen molar-refractivity contribution in [2.75, 3.05) is 33.3 Å². The molecule has 8 atom stereocenters. The van der Waals surface area contributed by atoms with Gasteiger partial charge in [0.25, 0.3) is 0 Å². The second kappa shape index (κ2) is 17.4. The number of carbonyl (C=O) groups is 4. The van der Waals surface area contributed by atoms with Crippen LogP contribution in [-0.4, -0.2) is 102 Å². The zero-order valence-corrected chi connectivity index (χ0v) is 37.5. The first-order chi connectivity index (χ1) is 30.4. The van der Waals surface area contributed by atoms with Crippen molar-refractivity contribution < 1.29 is 33.4 Å². The lowest BCUT2D eigenvalue weighted by Gasteiger charge is -2.35. The van der Waals surface area contributed by atoms with Gasteiger partial charge in [-0.15, -0.1) is 0 Å². The van der Waals surface area contributed by atoms with Gasteiger partial charge in [0.05, 0.1) is 43.3 Å². The van der Waals surface area contributed by atoms with Crippen molar-refractivity contribution >= 4 is 40.5 Å². The summed E-state index contributed by atoms with van der Waals surface area (Å²) in [4.78, 5) is 66.8. The van der Waals surface area contributed by atoms with E-state index in [1.807, 2.05) is 28.9 Å². The van der Waals surface area contributed by atoms with Gasteiger partial charge in [0, 0.05) is 37.4 Å². The number of hydrogen-bond acceptors (Lipinski definition) is 8. The van der Waals surface area contributed by atoms with E-state index in [4.69, 9.17) is 19.2 Å². The van der Waals surface area contributed by atoms with Gasteiger partial charge in [0.1, 0.15) is 17.9 Å². The Labute approximate surface area is 370 Å². The van der Waals surface area contributed by atoms with Crippen LogP contribution in [0.3, 0.4) is 0 Å². The molecule has 0 radical (unpaired) electrons. The summed E-state index contributed by atoms with van der Waals surface area (Å²) >= 11 is 0. The highest BCUT2D eigenvalue weighted by atomic mass is 16.5. The summed E-state index contributed by atoms with van der Waals surface area (Å²) in [6.45, 7) is 6.41. The minimum atomic E-state index is -0.873. The van der Waals surface area contributed by atoms with Crippen molar-refractivity contribution in [3.63, 3.8) is 0 Å². The quantitative estimate of drug-likeness (QED) is 0.136. The van der Waals surface area contributed by atoms with Crippen LogP contribution < -0.4 is 10.6 Å². The number of amides is 4. The summed E-state index contributed by atoms with van der Waals surface area (Å²) in [5.74, 6) is 1.16. The van der Waals surface area contributed by atoms with E-state index in [0.717, 1.165) is 103 Å². The van der Waals surface area contributed by atoms with Crippen LogP contribution in [0.4, 0.5) is 10.5 Å². The van der Waals surface area contributed by atoms with E-state index < -0.39 is 18.2 Å². The molecule has 0 bridgehead atoms. The summed E-state index contributed by atoms with van der Waals surface area (Å²) in [7, 11) is 4.43. The van der Waals surface area contributed by atoms with E-state index in [0.29, 0.717) is 18.3 Å². The molecule has 3 N–H and O–H groups in total. The number of aromatic nitrogens is 2.